The Labute approximate surface area is 86.3 Å². The molecular weight excluding hydrogens is 176 g/mol. The molecule has 14 heavy (non-hydrogen) atoms. The van der Waals surface area contributed by atoms with Crippen molar-refractivity contribution in [2.45, 2.75) is 46.0 Å². The molecular formula is C12H20O2. The molecule has 1 aliphatic rings. The fourth-order valence-electron chi connectivity index (χ4n) is 1.98. The first kappa shape index (κ1) is 11.3. The molecule has 0 N–H and O–H groups in total. The highest BCUT2D eigenvalue weighted by Gasteiger charge is 2.22. The maximum atomic E-state index is 11.5. The maximum Gasteiger partial charge on any atom is 0.161 e. The predicted octanol–water partition coefficient (Wildman–Crippen LogP) is 3.08. The average Bonchev–Trinajstić information content (AvgIpc) is 2.19. The summed E-state index contributed by atoms with van der Waals surface area (Å²) in [6.07, 6.45) is 6.81. The van der Waals surface area contributed by atoms with Crippen molar-refractivity contribution in [3.8, 4) is 0 Å². The number of ether oxygens (including phenoxy) is 1. The van der Waals surface area contributed by atoms with Gasteiger partial charge in [0.15, 0.2) is 5.78 Å². The SMILES string of the molecule is CCCC1CCC(=O)C(=COCC)C1. The second kappa shape index (κ2) is 5.84. The van der Waals surface area contributed by atoms with E-state index in [4.69, 9.17) is 4.74 Å². The minimum atomic E-state index is 0.283. The topological polar surface area (TPSA) is 26.3 Å². The summed E-state index contributed by atoms with van der Waals surface area (Å²) < 4.78 is 5.19. The van der Waals surface area contributed by atoms with E-state index in [1.165, 1.54) is 12.8 Å². The summed E-state index contributed by atoms with van der Waals surface area (Å²) in [4.78, 5) is 11.5. The molecule has 2 nitrogen and oxygen atoms in total. The van der Waals surface area contributed by atoms with Gasteiger partial charge in [0.25, 0.3) is 0 Å². The molecule has 1 aliphatic carbocycles. The van der Waals surface area contributed by atoms with E-state index in [1.54, 1.807) is 6.26 Å². The van der Waals surface area contributed by atoms with Crippen molar-refractivity contribution in [3.63, 3.8) is 0 Å². The lowest BCUT2D eigenvalue weighted by atomic mass is 9.83. The average molecular weight is 196 g/mol. The summed E-state index contributed by atoms with van der Waals surface area (Å²) in [6, 6.07) is 0. The van der Waals surface area contributed by atoms with Crippen molar-refractivity contribution in [2.24, 2.45) is 5.92 Å². The number of rotatable bonds is 4. The molecule has 0 spiro atoms. The minimum Gasteiger partial charge on any atom is -0.501 e. The van der Waals surface area contributed by atoms with Gasteiger partial charge in [-0.3, -0.25) is 4.79 Å². The Bertz CT molecular complexity index is 218. The van der Waals surface area contributed by atoms with Crippen LogP contribution in [0.15, 0.2) is 11.8 Å². The predicted molar refractivity (Wildman–Crippen MR) is 57.0 cm³/mol. The first-order chi connectivity index (χ1) is 6.77. The van der Waals surface area contributed by atoms with Gasteiger partial charge in [-0.1, -0.05) is 19.8 Å². The van der Waals surface area contributed by atoms with Crippen LogP contribution >= 0.6 is 0 Å². The first-order valence-electron chi connectivity index (χ1n) is 5.61. The zero-order chi connectivity index (χ0) is 10.4. The third-order valence-corrected chi connectivity index (χ3v) is 2.74. The van der Waals surface area contributed by atoms with Gasteiger partial charge in [-0.15, -0.1) is 0 Å². The lowest BCUT2D eigenvalue weighted by molar-refractivity contribution is -0.117. The van der Waals surface area contributed by atoms with Crippen LogP contribution in [0, 0.1) is 5.92 Å². The van der Waals surface area contributed by atoms with Crippen molar-refractivity contribution >= 4 is 5.78 Å². The molecule has 0 aliphatic heterocycles. The number of hydrogen-bond acceptors (Lipinski definition) is 2. The molecule has 1 saturated carbocycles. The monoisotopic (exact) mass is 196 g/mol. The van der Waals surface area contributed by atoms with E-state index in [-0.39, 0.29) is 5.78 Å². The molecule has 1 atom stereocenters. The van der Waals surface area contributed by atoms with E-state index in [1.807, 2.05) is 6.92 Å². The zero-order valence-electron chi connectivity index (χ0n) is 9.21. The number of ketones is 1. The molecule has 0 amide bonds. The molecule has 80 valence electrons. The molecule has 0 radical (unpaired) electrons. The van der Waals surface area contributed by atoms with Crippen LogP contribution in [0.1, 0.15) is 46.0 Å². The van der Waals surface area contributed by atoms with Crippen molar-refractivity contribution in [1.82, 2.24) is 0 Å². The highest BCUT2D eigenvalue weighted by molar-refractivity contribution is 5.95. The molecule has 1 rings (SSSR count). The van der Waals surface area contributed by atoms with Crippen LogP contribution in [0.3, 0.4) is 0 Å². The largest absolute Gasteiger partial charge is 0.501 e. The number of carbonyl (C=O) groups excluding carboxylic acids is 1. The van der Waals surface area contributed by atoms with Crippen LogP contribution in [0.25, 0.3) is 0 Å². The summed E-state index contributed by atoms with van der Waals surface area (Å²) in [7, 11) is 0. The fourth-order valence-corrected chi connectivity index (χ4v) is 1.98. The first-order valence-corrected chi connectivity index (χ1v) is 5.61. The van der Waals surface area contributed by atoms with Crippen LogP contribution in [0.4, 0.5) is 0 Å². The van der Waals surface area contributed by atoms with E-state index in [2.05, 4.69) is 6.92 Å². The second-order valence-electron chi connectivity index (χ2n) is 3.92. The summed E-state index contributed by atoms with van der Waals surface area (Å²) in [5.41, 5.74) is 0.900. The Balaban J connectivity index is 2.50. The number of allylic oxidation sites excluding steroid dienone is 1. The molecule has 0 aromatic heterocycles. The van der Waals surface area contributed by atoms with Gasteiger partial charge in [0.2, 0.25) is 0 Å². The molecule has 0 aromatic carbocycles. The van der Waals surface area contributed by atoms with E-state index >= 15 is 0 Å². The summed E-state index contributed by atoms with van der Waals surface area (Å²) in [5.74, 6) is 0.982. The molecule has 0 heterocycles. The van der Waals surface area contributed by atoms with Crippen molar-refractivity contribution in [2.75, 3.05) is 6.61 Å². The van der Waals surface area contributed by atoms with Gasteiger partial charge in [0.1, 0.15) is 0 Å². The molecule has 2 heteroatoms. The van der Waals surface area contributed by atoms with Crippen LogP contribution in [0.2, 0.25) is 0 Å². The Morgan fingerprint density at radius 1 is 1.50 bits per heavy atom. The van der Waals surface area contributed by atoms with Crippen LogP contribution in [-0.2, 0) is 9.53 Å². The summed E-state index contributed by atoms with van der Waals surface area (Å²) in [6.45, 7) is 4.78. The van der Waals surface area contributed by atoms with Crippen molar-refractivity contribution < 1.29 is 9.53 Å². The second-order valence-corrected chi connectivity index (χ2v) is 3.92. The summed E-state index contributed by atoms with van der Waals surface area (Å²) in [5, 5.41) is 0. The molecule has 0 bridgehead atoms. The van der Waals surface area contributed by atoms with Crippen LogP contribution in [-0.4, -0.2) is 12.4 Å². The van der Waals surface area contributed by atoms with Crippen molar-refractivity contribution in [1.29, 1.82) is 0 Å². The quantitative estimate of drug-likeness (QED) is 0.510. The van der Waals surface area contributed by atoms with Gasteiger partial charge in [-0.25, -0.2) is 0 Å². The highest BCUT2D eigenvalue weighted by atomic mass is 16.5. The Hall–Kier alpha value is -0.790. The third-order valence-electron chi connectivity index (χ3n) is 2.74. The van der Waals surface area contributed by atoms with E-state index in [0.29, 0.717) is 18.9 Å². The third kappa shape index (κ3) is 3.17. The number of Topliss-reactive ketones (excluding diaryl/α,β-unsaturated/α-hetero) is 1. The van der Waals surface area contributed by atoms with Gasteiger partial charge < -0.3 is 4.74 Å². The maximum absolute atomic E-state index is 11.5. The normalized spacial score (nSPS) is 25.4. The Morgan fingerprint density at radius 3 is 2.93 bits per heavy atom. The minimum absolute atomic E-state index is 0.283. The summed E-state index contributed by atoms with van der Waals surface area (Å²) >= 11 is 0. The van der Waals surface area contributed by atoms with Gasteiger partial charge in [0.05, 0.1) is 12.9 Å². The fraction of sp³-hybridized carbons (Fsp3) is 0.750. The van der Waals surface area contributed by atoms with Gasteiger partial charge in [-0.05, 0) is 25.7 Å². The van der Waals surface area contributed by atoms with Gasteiger partial charge in [0, 0.05) is 12.0 Å². The van der Waals surface area contributed by atoms with E-state index in [0.717, 1.165) is 18.4 Å². The molecule has 1 fully saturated rings. The van der Waals surface area contributed by atoms with Gasteiger partial charge >= 0.3 is 0 Å². The van der Waals surface area contributed by atoms with Crippen LogP contribution < -0.4 is 0 Å². The molecule has 0 aromatic rings. The Morgan fingerprint density at radius 2 is 2.29 bits per heavy atom. The highest BCUT2D eigenvalue weighted by Crippen LogP contribution is 2.29. The van der Waals surface area contributed by atoms with E-state index < -0.39 is 0 Å². The standard InChI is InChI=1S/C12H20O2/c1-3-5-10-6-7-12(13)11(8-10)9-14-4-2/h9-10H,3-8H2,1-2H3. The molecule has 0 saturated heterocycles. The lowest BCUT2D eigenvalue weighted by Crippen LogP contribution is -2.17. The lowest BCUT2D eigenvalue weighted by Gasteiger charge is -2.22. The number of hydrogen-bond donors (Lipinski definition) is 0. The van der Waals surface area contributed by atoms with E-state index in [9.17, 15) is 4.79 Å². The van der Waals surface area contributed by atoms with Gasteiger partial charge in [-0.2, -0.15) is 0 Å². The Kier molecular flexibility index (Phi) is 4.71. The number of carbonyl (C=O) groups is 1. The van der Waals surface area contributed by atoms with Crippen LogP contribution in [0.5, 0.6) is 0 Å². The molecule has 1 unspecified atom stereocenters. The smallest absolute Gasteiger partial charge is 0.161 e. The zero-order valence-corrected chi connectivity index (χ0v) is 9.21. The van der Waals surface area contributed by atoms with Crippen molar-refractivity contribution in [3.05, 3.63) is 11.8 Å².